The van der Waals surface area contributed by atoms with Crippen LogP contribution in [0.5, 0.6) is 0 Å². The van der Waals surface area contributed by atoms with Crippen LogP contribution in [0.1, 0.15) is 0 Å². The van der Waals surface area contributed by atoms with E-state index >= 15 is 0 Å². The van der Waals surface area contributed by atoms with Crippen molar-refractivity contribution in [2.45, 2.75) is 0 Å². The monoisotopic (exact) mass is 843 g/mol. The van der Waals surface area contributed by atoms with E-state index in [0.717, 1.165) is 61.5 Å². The van der Waals surface area contributed by atoms with Crippen molar-refractivity contribution in [3.63, 3.8) is 0 Å². The minimum atomic E-state index is 0.145. The number of hydrogen-bond donors (Lipinski definition) is 0. The normalized spacial score (nSPS) is 11.3. The topological polar surface area (TPSA) is 38.7 Å². The summed E-state index contributed by atoms with van der Waals surface area (Å²) in [7, 11) is 0. The third kappa shape index (κ3) is 6.60. The van der Waals surface area contributed by atoms with Crippen LogP contribution in [0.3, 0.4) is 0 Å². The van der Waals surface area contributed by atoms with Gasteiger partial charge >= 0.3 is 357 Å². The summed E-state index contributed by atoms with van der Waals surface area (Å²) in [5.74, 6) is 0. The van der Waals surface area contributed by atoms with Gasteiger partial charge in [0.05, 0.1) is 0 Å². The maximum absolute atomic E-state index is 5.17. The fraction of sp³-hybridized carbons (Fsp3) is 0. The molecular weight excluding hydrogens is 806 g/mol. The molecule has 0 bridgehead atoms. The Morgan fingerprint density at radius 1 is 0.262 bits per heavy atom. The van der Waals surface area contributed by atoms with Crippen LogP contribution in [0.25, 0.3) is 109 Å². The first-order valence-corrected chi connectivity index (χ1v) is 22.2. The summed E-state index contributed by atoms with van der Waals surface area (Å²) in [6.45, 7) is 0. The van der Waals surface area contributed by atoms with E-state index in [1.165, 1.54) is 47.1 Å². The average molecular weight is 843 g/mol. The Kier molecular flexibility index (Phi) is 9.55. The Balaban J connectivity index is 1.32. The second-order valence-corrected chi connectivity index (χ2v) is 17.4. The van der Waals surface area contributed by atoms with Crippen LogP contribution in [0.2, 0.25) is 0 Å². The van der Waals surface area contributed by atoms with Crippen LogP contribution >= 0.6 is 0 Å². The Morgan fingerprint density at radius 2 is 0.738 bits per heavy atom. The first-order valence-electron chi connectivity index (χ1n) is 20.5. The number of aromatic nitrogens is 3. The van der Waals surface area contributed by atoms with Crippen molar-refractivity contribution >= 4 is 33.8 Å². The molecule has 2 aromatic heterocycles. The van der Waals surface area contributed by atoms with Crippen molar-refractivity contribution in [1.29, 1.82) is 0 Å². The zero-order chi connectivity index (χ0) is 40.5. The van der Waals surface area contributed by atoms with Crippen molar-refractivity contribution in [1.82, 2.24) is 15.4 Å². The molecule has 0 unspecified atom stereocenters. The molecule has 61 heavy (non-hydrogen) atoms. The van der Waals surface area contributed by atoms with Gasteiger partial charge in [0.2, 0.25) is 0 Å². The molecule has 0 saturated heterocycles. The predicted octanol–water partition coefficient (Wildman–Crippen LogP) is 14.6. The van der Waals surface area contributed by atoms with E-state index in [-0.39, 0.29) is 14.5 Å². The summed E-state index contributed by atoms with van der Waals surface area (Å²) < 4.78 is 2.77. The first-order chi connectivity index (χ1) is 30.3. The van der Waals surface area contributed by atoms with Crippen LogP contribution in [0.4, 0.5) is 0 Å². The minimum absolute atomic E-state index is 0.145. The molecule has 0 saturated carbocycles. The third-order valence-corrected chi connectivity index (χ3v) is 14.0. The average Bonchev–Trinajstić information content (AvgIpc) is 3.73. The fourth-order valence-corrected chi connectivity index (χ4v) is 11.2. The first kappa shape index (κ1) is 36.6. The Morgan fingerprint density at radius 3 is 1.39 bits per heavy atom. The molecule has 0 aliphatic rings. The van der Waals surface area contributed by atoms with Gasteiger partial charge in [0.25, 0.3) is 0 Å². The zero-order valence-corrected chi connectivity index (χ0v) is 34.8. The van der Waals surface area contributed by atoms with Crippen LogP contribution < -0.4 is 0 Å². The van der Waals surface area contributed by atoms with E-state index < -0.39 is 0 Å². The molecule has 0 fully saturated rings. The molecular formula is C57H37N3Se. The van der Waals surface area contributed by atoms with Crippen LogP contribution in [-0.2, 0) is 0 Å². The quantitative estimate of drug-likeness (QED) is 0.143. The van der Waals surface area contributed by atoms with E-state index in [0.29, 0.717) is 0 Å². The molecule has 0 aliphatic carbocycles. The zero-order valence-electron chi connectivity index (χ0n) is 33.1. The number of hydrogen-bond acceptors (Lipinski definition) is 3. The van der Waals surface area contributed by atoms with E-state index in [1.54, 1.807) is 0 Å². The van der Waals surface area contributed by atoms with Gasteiger partial charge in [0.1, 0.15) is 0 Å². The summed E-state index contributed by atoms with van der Waals surface area (Å²) in [5, 5.41) is 17.3. The van der Waals surface area contributed by atoms with E-state index in [2.05, 4.69) is 224 Å². The van der Waals surface area contributed by atoms with Crippen molar-refractivity contribution in [3.05, 3.63) is 224 Å². The van der Waals surface area contributed by atoms with Gasteiger partial charge in [-0.15, -0.1) is 0 Å². The van der Waals surface area contributed by atoms with Crippen LogP contribution in [0.15, 0.2) is 224 Å². The summed E-state index contributed by atoms with van der Waals surface area (Å²) >= 11 is 0.145. The van der Waals surface area contributed by atoms with Gasteiger partial charge in [0, 0.05) is 0 Å². The standard InChI is InChI=1S/C57H37N3Se/c1-5-20-38(21-6-1)42-28-13-15-30-45(42)47-36-37-51-54(48-32-17-18-35-50(48)61-51)52(47)49-34-19-33-44(40-24-9-3-10-25-40)53(49)57-55(56(58-60-59-57)41-26-11-4-12-27-41)46-31-16-14-29-43(46)39-22-7-2-8-23-39/h1-37H. The van der Waals surface area contributed by atoms with Crippen LogP contribution in [-0.4, -0.2) is 29.9 Å². The number of nitrogens with zero attached hydrogens (tertiary/aromatic N) is 3. The Bertz CT molecular complexity index is 3340. The molecule has 0 radical (unpaired) electrons. The number of benzene rings is 9. The third-order valence-electron chi connectivity index (χ3n) is 11.6. The van der Waals surface area contributed by atoms with Crippen molar-refractivity contribution in [2.24, 2.45) is 0 Å². The maximum atomic E-state index is 5.17. The van der Waals surface area contributed by atoms with Crippen molar-refractivity contribution in [3.8, 4) is 89.3 Å². The number of rotatable bonds is 8. The van der Waals surface area contributed by atoms with Gasteiger partial charge in [-0.05, 0) is 0 Å². The molecule has 286 valence electrons. The fourth-order valence-electron chi connectivity index (χ4n) is 8.91. The molecule has 11 aromatic rings. The number of fused-ring (bicyclic) bond motifs is 3. The summed E-state index contributed by atoms with van der Waals surface area (Å²) in [6.07, 6.45) is 0. The SMILES string of the molecule is c1ccc(-c2ccccc2-c2ccc3[se]c4ccccc4c3c2-c2cccc(-c3ccccc3)c2-c2nnnc(-c3ccccc3)c2-c2ccccc2-c2ccccc2)cc1. The van der Waals surface area contributed by atoms with Gasteiger partial charge < -0.3 is 0 Å². The van der Waals surface area contributed by atoms with E-state index in [4.69, 9.17) is 10.2 Å². The summed E-state index contributed by atoms with van der Waals surface area (Å²) in [6, 6.07) is 80.4. The molecule has 0 N–H and O–H groups in total. The van der Waals surface area contributed by atoms with Gasteiger partial charge in [0.15, 0.2) is 0 Å². The summed E-state index contributed by atoms with van der Waals surface area (Å²) in [5.41, 5.74) is 17.0. The molecule has 3 nitrogen and oxygen atoms in total. The van der Waals surface area contributed by atoms with E-state index in [9.17, 15) is 0 Å². The molecule has 2 heterocycles. The Labute approximate surface area is 361 Å². The predicted molar refractivity (Wildman–Crippen MR) is 255 cm³/mol. The molecule has 11 rings (SSSR count). The van der Waals surface area contributed by atoms with Crippen molar-refractivity contribution in [2.75, 3.05) is 0 Å². The van der Waals surface area contributed by atoms with Gasteiger partial charge in [-0.1, -0.05) is 6.07 Å². The van der Waals surface area contributed by atoms with Gasteiger partial charge in [-0.3, -0.25) is 0 Å². The molecule has 9 aromatic carbocycles. The van der Waals surface area contributed by atoms with Gasteiger partial charge in [-0.25, -0.2) is 0 Å². The van der Waals surface area contributed by atoms with Crippen molar-refractivity contribution < 1.29 is 0 Å². The molecule has 0 atom stereocenters. The summed E-state index contributed by atoms with van der Waals surface area (Å²) in [4.78, 5) is 0. The second kappa shape index (κ2) is 15.9. The second-order valence-electron chi connectivity index (χ2n) is 15.1. The molecule has 0 amide bonds. The molecule has 0 spiro atoms. The molecule has 4 heteroatoms. The Hall–Kier alpha value is -7.49. The molecule has 0 aliphatic heterocycles. The van der Waals surface area contributed by atoms with Crippen LogP contribution in [0, 0.1) is 0 Å². The van der Waals surface area contributed by atoms with E-state index in [1.807, 2.05) is 6.07 Å². The van der Waals surface area contributed by atoms with Gasteiger partial charge in [-0.2, -0.15) is 0 Å².